The minimum atomic E-state index is -0.856. The Kier molecular flexibility index (Phi) is 6.23. The molecule has 3 nitrogen and oxygen atoms in total. The second-order valence-corrected chi connectivity index (χ2v) is 3.85. The van der Waals surface area contributed by atoms with Crippen molar-refractivity contribution in [1.29, 1.82) is 0 Å². The minimum Gasteiger partial charge on any atom is -0.480 e. The van der Waals surface area contributed by atoms with Crippen LogP contribution in [0, 0.1) is 0 Å². The monoisotopic (exact) mass is 249 g/mol. The van der Waals surface area contributed by atoms with Crippen LogP contribution >= 0.6 is 9.39 Å². The van der Waals surface area contributed by atoms with Crippen molar-refractivity contribution < 1.29 is 9.90 Å². The lowest BCUT2D eigenvalue weighted by Crippen LogP contribution is -2.32. The van der Waals surface area contributed by atoms with E-state index in [1.54, 1.807) is 0 Å². The highest BCUT2D eigenvalue weighted by Crippen LogP contribution is 2.02. The summed E-state index contributed by atoms with van der Waals surface area (Å²) in [7, 11) is 2.24. The quantitative estimate of drug-likeness (QED) is 0.804. The Morgan fingerprint density at radius 2 is 1.59 bits per heavy atom. The molecule has 0 aromatic heterocycles. The van der Waals surface area contributed by atoms with Crippen molar-refractivity contribution in [3.8, 4) is 0 Å². The van der Waals surface area contributed by atoms with E-state index in [2.05, 4.69) is 14.5 Å². The van der Waals surface area contributed by atoms with Gasteiger partial charge in [0.25, 0.3) is 0 Å². The van der Waals surface area contributed by atoms with Crippen LogP contribution in [0.2, 0.25) is 0 Å². The number of carboxylic acid groups (broad SMARTS) is 1. The molecule has 1 aromatic rings. The molecule has 0 aliphatic carbocycles. The largest absolute Gasteiger partial charge is 0.480 e. The molecule has 0 amide bonds. The predicted molar refractivity (Wildman–Crippen MR) is 72.0 cm³/mol. The summed E-state index contributed by atoms with van der Waals surface area (Å²) in [4.78, 5) is 10.9. The van der Waals surface area contributed by atoms with Gasteiger partial charge < -0.3 is 5.11 Å². The van der Waals surface area contributed by atoms with E-state index in [1.807, 2.05) is 54.6 Å². The lowest BCUT2D eigenvalue weighted by Gasteiger charge is -2.09. The number of nitrogens with one attached hydrogen (secondary N) is 1. The second kappa shape index (κ2) is 7.77. The third-order valence-electron chi connectivity index (χ3n) is 2.23. The van der Waals surface area contributed by atoms with Gasteiger partial charge in [0.15, 0.2) is 0 Å². The van der Waals surface area contributed by atoms with E-state index in [4.69, 9.17) is 5.11 Å². The van der Waals surface area contributed by atoms with Gasteiger partial charge in [0, 0.05) is 0 Å². The zero-order valence-corrected chi connectivity index (χ0v) is 10.6. The highest BCUT2D eigenvalue weighted by molar-refractivity contribution is 7.13. The molecule has 2 N–H and O–H groups in total. The Morgan fingerprint density at radius 3 is 2.00 bits per heavy atom. The Morgan fingerprint density at radius 1 is 1.12 bits per heavy atom. The Labute approximate surface area is 103 Å². The molecule has 2 atom stereocenters. The van der Waals surface area contributed by atoms with Gasteiger partial charge in [-0.1, -0.05) is 64.0 Å². The van der Waals surface area contributed by atoms with Crippen LogP contribution in [0.5, 0.6) is 0 Å². The average molecular weight is 249 g/mol. The van der Waals surface area contributed by atoms with Crippen LogP contribution in [0.1, 0.15) is 5.56 Å². The van der Waals surface area contributed by atoms with E-state index in [9.17, 15) is 4.79 Å². The first kappa shape index (κ1) is 13.6. The van der Waals surface area contributed by atoms with Crippen LogP contribution in [-0.4, -0.2) is 17.1 Å². The maximum absolute atomic E-state index is 10.9. The first-order chi connectivity index (χ1) is 8.24. The second-order valence-electron chi connectivity index (χ2n) is 3.52. The Bertz CT molecular complexity index is 397. The van der Waals surface area contributed by atoms with Gasteiger partial charge in [-0.05, 0) is 12.0 Å². The Balaban J connectivity index is 2.94. The molecule has 1 aromatic carbocycles. The molecule has 90 valence electrons. The van der Waals surface area contributed by atoms with Crippen molar-refractivity contribution in [2.45, 2.75) is 12.5 Å². The maximum atomic E-state index is 10.9. The van der Waals surface area contributed by atoms with E-state index >= 15 is 0 Å². The number of hydrogen-bond acceptors (Lipinski definition) is 2. The molecule has 0 heterocycles. The summed E-state index contributed by atoms with van der Waals surface area (Å²) in [5, 5.41) is 11.7. The molecular formula is C13H16NO2P. The van der Waals surface area contributed by atoms with Gasteiger partial charge in [0.1, 0.15) is 6.04 Å². The third kappa shape index (κ3) is 5.43. The fourth-order valence-corrected chi connectivity index (χ4v) is 1.58. The number of hydrogen-bond donors (Lipinski definition) is 2. The highest BCUT2D eigenvalue weighted by atomic mass is 31.0. The molecule has 0 saturated carbocycles. The Hall–Kier alpha value is -1.44. The van der Waals surface area contributed by atoms with Crippen LogP contribution in [0.3, 0.4) is 0 Å². The van der Waals surface area contributed by atoms with E-state index in [1.165, 1.54) is 0 Å². The fourth-order valence-electron chi connectivity index (χ4n) is 1.32. The summed E-state index contributed by atoms with van der Waals surface area (Å²) < 4.78 is 0. The summed E-state index contributed by atoms with van der Waals surface area (Å²) >= 11 is 0. The summed E-state index contributed by atoms with van der Waals surface area (Å²) in [6.45, 7) is 0. The van der Waals surface area contributed by atoms with Crippen molar-refractivity contribution >= 4 is 15.4 Å². The highest BCUT2D eigenvalue weighted by Gasteiger charge is 2.14. The number of carbonyl (C=O) groups is 1. The molecule has 0 bridgehead atoms. The number of rotatable bonds is 4. The lowest BCUT2D eigenvalue weighted by atomic mass is 10.1. The summed E-state index contributed by atoms with van der Waals surface area (Å²) in [6.07, 6.45) is 0.442. The standard InChI is InChI=1S/C13H16NO2P/c15-13(16)12(14-17)10-11-8-6-4-2-1-3-5-7-9-11/h1-9,12,14H,10,17H2,(H,15,16). The molecule has 0 aliphatic rings. The average Bonchev–Trinajstić information content (AvgIpc) is 2.33. The summed E-state index contributed by atoms with van der Waals surface area (Å²) in [5.41, 5.74) is 0.962. The molecule has 4 heteroatoms. The van der Waals surface area contributed by atoms with E-state index in [0.29, 0.717) is 6.42 Å². The normalized spacial score (nSPS) is 11.4. The van der Waals surface area contributed by atoms with Gasteiger partial charge >= 0.3 is 5.97 Å². The summed E-state index contributed by atoms with van der Waals surface area (Å²) in [6, 6.07) is 16.6. The van der Waals surface area contributed by atoms with Crippen LogP contribution in [0.15, 0.2) is 54.6 Å². The zero-order valence-electron chi connectivity index (χ0n) is 9.41. The van der Waals surface area contributed by atoms with Crippen LogP contribution < -0.4 is 5.09 Å². The van der Waals surface area contributed by atoms with Crippen molar-refractivity contribution in [1.82, 2.24) is 5.09 Å². The van der Waals surface area contributed by atoms with Gasteiger partial charge in [-0.2, -0.15) is 0 Å². The molecule has 0 spiro atoms. The van der Waals surface area contributed by atoms with Crippen molar-refractivity contribution in [2.75, 3.05) is 0 Å². The SMILES string of the molecule is O=C(O)C(Cc1ccccccccc1)NP. The van der Waals surface area contributed by atoms with E-state index in [0.717, 1.165) is 5.56 Å². The predicted octanol–water partition coefficient (Wildman–Crippen LogP) is 2.19. The topological polar surface area (TPSA) is 49.3 Å². The van der Waals surface area contributed by atoms with Gasteiger partial charge in [0.05, 0.1) is 0 Å². The lowest BCUT2D eigenvalue weighted by molar-refractivity contribution is -0.138. The van der Waals surface area contributed by atoms with Crippen molar-refractivity contribution in [2.24, 2.45) is 0 Å². The molecule has 0 aliphatic heterocycles. The van der Waals surface area contributed by atoms with Gasteiger partial charge in [-0.3, -0.25) is 9.88 Å². The molecule has 1 rings (SSSR count). The third-order valence-corrected chi connectivity index (χ3v) is 2.63. The molecular weight excluding hydrogens is 233 g/mol. The van der Waals surface area contributed by atoms with Gasteiger partial charge in [0.2, 0.25) is 0 Å². The maximum Gasteiger partial charge on any atom is 0.321 e. The molecule has 0 saturated heterocycles. The van der Waals surface area contributed by atoms with Gasteiger partial charge in [-0.25, -0.2) is 0 Å². The molecule has 2 unspecified atom stereocenters. The molecule has 0 fully saturated rings. The fraction of sp³-hybridized carbons (Fsp3) is 0.154. The van der Waals surface area contributed by atoms with Crippen LogP contribution in [0.4, 0.5) is 0 Å². The van der Waals surface area contributed by atoms with Crippen molar-refractivity contribution in [3.05, 3.63) is 60.2 Å². The first-order valence-corrected chi connectivity index (χ1v) is 5.88. The summed E-state index contributed by atoms with van der Waals surface area (Å²) in [5.74, 6) is -0.856. The smallest absolute Gasteiger partial charge is 0.321 e. The zero-order chi connectivity index (χ0) is 12.5. The molecule has 0 radical (unpaired) electrons. The first-order valence-electron chi connectivity index (χ1n) is 5.30. The van der Waals surface area contributed by atoms with Crippen molar-refractivity contribution in [3.63, 3.8) is 0 Å². The number of carboxylic acids is 1. The molecule has 17 heavy (non-hydrogen) atoms. The van der Waals surface area contributed by atoms with Gasteiger partial charge in [-0.15, -0.1) is 0 Å². The van der Waals surface area contributed by atoms with Crippen LogP contribution in [0.25, 0.3) is 0 Å². The minimum absolute atomic E-state index is 0.442. The van der Waals surface area contributed by atoms with E-state index < -0.39 is 12.0 Å². The van der Waals surface area contributed by atoms with Crippen LogP contribution in [-0.2, 0) is 11.2 Å². The van der Waals surface area contributed by atoms with E-state index in [-0.39, 0.29) is 0 Å². The number of aliphatic carboxylic acids is 1.